The molecule has 0 N–H and O–H groups in total. The quantitative estimate of drug-likeness (QED) is 0.654. The molecule has 3 heterocycles. The molecule has 0 spiro atoms. The number of hydrogen-bond acceptors (Lipinski definition) is 5. The van der Waals surface area contributed by atoms with Crippen LogP contribution in [0.3, 0.4) is 0 Å². The van der Waals surface area contributed by atoms with Gasteiger partial charge in [-0.3, -0.25) is 9.78 Å². The molecule has 0 unspecified atom stereocenters. The van der Waals surface area contributed by atoms with Crippen molar-refractivity contribution in [3.63, 3.8) is 0 Å². The zero-order valence-electron chi connectivity index (χ0n) is 15.4. The number of aromatic nitrogens is 1. The van der Waals surface area contributed by atoms with Gasteiger partial charge in [0, 0.05) is 44.1 Å². The summed E-state index contributed by atoms with van der Waals surface area (Å²) >= 11 is 0. The Hall–Kier alpha value is -3.04. The number of pyridine rings is 1. The van der Waals surface area contributed by atoms with Gasteiger partial charge in [-0.15, -0.1) is 0 Å². The second-order valence-electron chi connectivity index (χ2n) is 6.56. The molecule has 150 valence electrons. The third-order valence-electron chi connectivity index (χ3n) is 4.74. The van der Waals surface area contributed by atoms with Gasteiger partial charge >= 0.3 is 0 Å². The van der Waals surface area contributed by atoms with Crippen LogP contribution in [-0.4, -0.2) is 54.7 Å². The maximum absolute atomic E-state index is 13.1. The number of carbonyl (C=O) groups excluding carboxylic acids is 1. The minimum Gasteiger partial charge on any atom is -0.451 e. The summed E-state index contributed by atoms with van der Waals surface area (Å²) in [7, 11) is -3.63. The number of sulfonamides is 1. The molecule has 1 aromatic carbocycles. The highest BCUT2D eigenvalue weighted by Crippen LogP contribution is 2.24. The number of halogens is 1. The Morgan fingerprint density at radius 3 is 2.38 bits per heavy atom. The predicted octanol–water partition coefficient (Wildman–Crippen LogP) is 2.63. The molecule has 2 aromatic heterocycles. The number of carbonyl (C=O) groups is 1. The van der Waals surface area contributed by atoms with E-state index in [0.717, 1.165) is 0 Å². The maximum Gasteiger partial charge on any atom is 0.289 e. The first-order valence-electron chi connectivity index (χ1n) is 9.00. The highest BCUT2D eigenvalue weighted by atomic mass is 32.2. The van der Waals surface area contributed by atoms with Crippen molar-refractivity contribution < 1.29 is 22.0 Å². The van der Waals surface area contributed by atoms with Crippen LogP contribution in [0.5, 0.6) is 0 Å². The first-order valence-corrected chi connectivity index (χ1v) is 10.4. The lowest BCUT2D eigenvalue weighted by atomic mass is 10.2. The molecule has 1 saturated heterocycles. The summed E-state index contributed by atoms with van der Waals surface area (Å²) in [5.74, 6) is -0.0356. The summed E-state index contributed by atoms with van der Waals surface area (Å²) in [6.07, 6.45) is 2.83. The highest BCUT2D eigenvalue weighted by Gasteiger charge is 2.31. The van der Waals surface area contributed by atoms with Gasteiger partial charge < -0.3 is 9.32 Å². The van der Waals surface area contributed by atoms with Gasteiger partial charge in [0.05, 0.1) is 0 Å². The molecule has 1 aliphatic rings. The van der Waals surface area contributed by atoms with Crippen molar-refractivity contribution in [2.24, 2.45) is 0 Å². The van der Waals surface area contributed by atoms with Crippen molar-refractivity contribution in [3.05, 3.63) is 72.5 Å². The summed E-state index contributed by atoms with van der Waals surface area (Å²) in [6.45, 7) is 0.888. The van der Waals surface area contributed by atoms with Crippen molar-refractivity contribution in [1.82, 2.24) is 14.2 Å². The molecule has 0 saturated carbocycles. The molecule has 1 aliphatic heterocycles. The summed E-state index contributed by atoms with van der Waals surface area (Å²) in [5.41, 5.74) is 0.665. The fourth-order valence-corrected chi connectivity index (χ4v) is 4.55. The van der Waals surface area contributed by atoms with Crippen LogP contribution >= 0.6 is 0 Å². The Balaban J connectivity index is 1.43. The number of hydrogen-bond donors (Lipinski definition) is 0. The number of amides is 1. The zero-order valence-corrected chi connectivity index (χ0v) is 16.2. The second-order valence-corrected chi connectivity index (χ2v) is 8.49. The van der Waals surface area contributed by atoms with E-state index in [1.807, 2.05) is 0 Å². The van der Waals surface area contributed by atoms with Crippen LogP contribution in [0.25, 0.3) is 11.3 Å². The van der Waals surface area contributed by atoms with Crippen LogP contribution in [0.4, 0.5) is 4.39 Å². The minimum absolute atomic E-state index is 0.134. The van der Waals surface area contributed by atoms with Crippen LogP contribution in [0, 0.1) is 5.82 Å². The lowest BCUT2D eigenvalue weighted by molar-refractivity contribution is 0.0667. The van der Waals surface area contributed by atoms with Gasteiger partial charge in [0.15, 0.2) is 5.76 Å². The van der Waals surface area contributed by atoms with Crippen molar-refractivity contribution in [2.75, 3.05) is 26.2 Å². The Kier molecular flexibility index (Phi) is 5.16. The van der Waals surface area contributed by atoms with Gasteiger partial charge in [-0.25, -0.2) is 12.8 Å². The van der Waals surface area contributed by atoms with Gasteiger partial charge in [0.25, 0.3) is 5.91 Å². The molecule has 0 atom stereocenters. The number of benzene rings is 1. The molecule has 9 heteroatoms. The van der Waals surface area contributed by atoms with Gasteiger partial charge in [-0.2, -0.15) is 4.31 Å². The van der Waals surface area contributed by atoms with Gasteiger partial charge in [0.1, 0.15) is 16.5 Å². The second kappa shape index (κ2) is 7.76. The molecule has 7 nitrogen and oxygen atoms in total. The Morgan fingerprint density at radius 1 is 1.00 bits per heavy atom. The normalized spacial score (nSPS) is 15.4. The third kappa shape index (κ3) is 3.92. The molecule has 29 heavy (non-hydrogen) atoms. The smallest absolute Gasteiger partial charge is 0.289 e. The van der Waals surface area contributed by atoms with Crippen LogP contribution in [0.15, 0.2) is 70.2 Å². The van der Waals surface area contributed by atoms with Crippen LogP contribution < -0.4 is 0 Å². The lowest BCUT2D eigenvalue weighted by Crippen LogP contribution is -2.50. The minimum atomic E-state index is -3.63. The largest absolute Gasteiger partial charge is 0.451 e. The van der Waals surface area contributed by atoms with Crippen molar-refractivity contribution in [2.45, 2.75) is 4.90 Å². The summed E-state index contributed by atoms with van der Waals surface area (Å²) < 4.78 is 45.4. The van der Waals surface area contributed by atoms with Gasteiger partial charge in [-0.05, 0) is 48.5 Å². The molecule has 0 aliphatic carbocycles. The number of piperazine rings is 1. The number of nitrogens with zero attached hydrogens (tertiary/aromatic N) is 3. The monoisotopic (exact) mass is 415 g/mol. The fourth-order valence-electron chi connectivity index (χ4n) is 3.16. The highest BCUT2D eigenvalue weighted by molar-refractivity contribution is 7.89. The average Bonchev–Trinajstić information content (AvgIpc) is 3.25. The predicted molar refractivity (Wildman–Crippen MR) is 103 cm³/mol. The van der Waals surface area contributed by atoms with E-state index in [1.54, 1.807) is 35.2 Å². The van der Waals surface area contributed by atoms with Crippen LogP contribution in [0.1, 0.15) is 10.6 Å². The number of rotatable bonds is 4. The molecule has 1 fully saturated rings. The van der Waals surface area contributed by atoms with E-state index in [1.165, 1.54) is 34.9 Å². The molecular formula is C20H18FN3O4S. The van der Waals surface area contributed by atoms with E-state index in [9.17, 15) is 17.6 Å². The molecule has 4 rings (SSSR count). The van der Waals surface area contributed by atoms with Crippen molar-refractivity contribution in [1.29, 1.82) is 0 Å². The Bertz CT molecular complexity index is 1110. The SMILES string of the molecule is O=C(c1ccc(-c2ccc(F)cc2)o1)N1CCN(S(=O)(=O)c2cccnc2)CC1. The van der Waals surface area contributed by atoms with E-state index in [4.69, 9.17) is 4.42 Å². The lowest BCUT2D eigenvalue weighted by Gasteiger charge is -2.33. The molecule has 0 radical (unpaired) electrons. The Labute approximate surface area is 167 Å². The maximum atomic E-state index is 13.1. The van der Waals surface area contributed by atoms with Crippen molar-refractivity contribution >= 4 is 15.9 Å². The average molecular weight is 415 g/mol. The van der Waals surface area contributed by atoms with Gasteiger partial charge in [-0.1, -0.05) is 0 Å². The van der Waals surface area contributed by atoms with Crippen LogP contribution in [-0.2, 0) is 10.0 Å². The number of furan rings is 1. The van der Waals surface area contributed by atoms with Crippen LogP contribution in [0.2, 0.25) is 0 Å². The van der Waals surface area contributed by atoms with Crippen molar-refractivity contribution in [3.8, 4) is 11.3 Å². The molecular weight excluding hydrogens is 397 g/mol. The Morgan fingerprint density at radius 2 is 1.72 bits per heavy atom. The first kappa shape index (κ1) is 19.3. The fraction of sp³-hybridized carbons (Fsp3) is 0.200. The first-order chi connectivity index (χ1) is 13.9. The molecule has 0 bridgehead atoms. The molecule has 1 amide bonds. The topological polar surface area (TPSA) is 83.7 Å². The van der Waals surface area contributed by atoms with E-state index in [-0.39, 0.29) is 48.6 Å². The molecule has 3 aromatic rings. The standard InChI is InChI=1S/C20H18FN3O4S/c21-16-5-3-15(4-6-16)18-7-8-19(28-18)20(25)23-10-12-24(13-11-23)29(26,27)17-2-1-9-22-14-17/h1-9,14H,10-13H2. The van der Waals surface area contributed by atoms with Gasteiger partial charge in [0.2, 0.25) is 10.0 Å². The van der Waals surface area contributed by atoms with E-state index in [0.29, 0.717) is 11.3 Å². The van der Waals surface area contributed by atoms with E-state index < -0.39 is 10.0 Å². The summed E-state index contributed by atoms with van der Waals surface area (Å²) in [6, 6.07) is 12.1. The zero-order chi connectivity index (χ0) is 20.4. The summed E-state index contributed by atoms with van der Waals surface area (Å²) in [5, 5.41) is 0. The van der Waals surface area contributed by atoms with E-state index >= 15 is 0 Å². The summed E-state index contributed by atoms with van der Waals surface area (Å²) in [4.78, 5) is 18.3. The van der Waals surface area contributed by atoms with E-state index in [2.05, 4.69) is 4.98 Å². The third-order valence-corrected chi connectivity index (χ3v) is 6.63.